The van der Waals surface area contributed by atoms with Gasteiger partial charge in [-0.05, 0) is 43.9 Å². The molecule has 0 atom stereocenters. The van der Waals surface area contributed by atoms with E-state index in [1.54, 1.807) is 12.1 Å². The minimum atomic E-state index is -0.710. The molecule has 1 fully saturated rings. The molecule has 1 aromatic carbocycles. The second-order valence-corrected chi connectivity index (χ2v) is 5.74. The van der Waals surface area contributed by atoms with Crippen LogP contribution < -0.4 is 0 Å². The van der Waals surface area contributed by atoms with E-state index in [-0.39, 0.29) is 24.2 Å². The third-order valence-corrected chi connectivity index (χ3v) is 4.13. The first kappa shape index (κ1) is 15.7. The molecule has 0 amide bonds. The lowest BCUT2D eigenvalue weighted by Crippen LogP contribution is -2.35. The molecule has 114 valence electrons. The van der Waals surface area contributed by atoms with E-state index in [4.69, 9.17) is 4.74 Å². The summed E-state index contributed by atoms with van der Waals surface area (Å²) in [6.07, 6.45) is 4.24. The highest BCUT2D eigenvalue weighted by Crippen LogP contribution is 2.42. The lowest BCUT2D eigenvalue weighted by Gasteiger charge is -2.27. The summed E-state index contributed by atoms with van der Waals surface area (Å²) in [5.41, 5.74) is -0.00484. The summed E-state index contributed by atoms with van der Waals surface area (Å²) >= 11 is 0. The van der Waals surface area contributed by atoms with E-state index in [9.17, 15) is 14.0 Å². The van der Waals surface area contributed by atoms with Crippen LogP contribution in [0.25, 0.3) is 0 Å². The Hall–Kier alpha value is -1.71. The molecule has 2 rings (SSSR count). The fraction of sp³-hybridized carbons (Fsp3) is 0.529. The number of Topliss-reactive ketones (excluding diaryl/α,β-unsaturated/α-hetero) is 1. The van der Waals surface area contributed by atoms with Gasteiger partial charge in [0.25, 0.3) is 0 Å². The maximum atomic E-state index is 13.5. The van der Waals surface area contributed by atoms with Gasteiger partial charge in [-0.25, -0.2) is 4.39 Å². The molecule has 0 bridgehead atoms. The molecule has 0 aliphatic heterocycles. The average molecular weight is 292 g/mol. The number of carbonyl (C=O) groups is 2. The molecule has 1 aliphatic carbocycles. The lowest BCUT2D eigenvalue weighted by atomic mass is 9.79. The number of ether oxygens (including phenoxy) is 1. The van der Waals surface area contributed by atoms with E-state index < -0.39 is 5.41 Å². The van der Waals surface area contributed by atoms with E-state index in [1.165, 1.54) is 19.1 Å². The summed E-state index contributed by atoms with van der Waals surface area (Å²) in [4.78, 5) is 23.4. The Kier molecular flexibility index (Phi) is 5.10. The number of rotatable bonds is 6. The highest BCUT2D eigenvalue weighted by atomic mass is 19.1. The van der Waals surface area contributed by atoms with Gasteiger partial charge in [0.2, 0.25) is 0 Å². The van der Waals surface area contributed by atoms with E-state index in [0.717, 1.165) is 12.8 Å². The zero-order chi connectivity index (χ0) is 15.3. The summed E-state index contributed by atoms with van der Waals surface area (Å²) in [6.45, 7) is 1.77. The highest BCUT2D eigenvalue weighted by molar-refractivity contribution is 5.83. The van der Waals surface area contributed by atoms with Crippen molar-refractivity contribution in [2.24, 2.45) is 0 Å². The first-order valence-corrected chi connectivity index (χ1v) is 7.47. The Morgan fingerprint density at radius 3 is 2.62 bits per heavy atom. The first-order chi connectivity index (χ1) is 10.0. The van der Waals surface area contributed by atoms with Gasteiger partial charge in [-0.15, -0.1) is 0 Å². The van der Waals surface area contributed by atoms with Gasteiger partial charge in [0.1, 0.15) is 11.6 Å². The maximum absolute atomic E-state index is 13.5. The molecule has 0 saturated heterocycles. The largest absolute Gasteiger partial charge is 0.465 e. The van der Waals surface area contributed by atoms with Crippen molar-refractivity contribution < 1.29 is 18.7 Å². The van der Waals surface area contributed by atoms with Gasteiger partial charge in [0.05, 0.1) is 12.0 Å². The molecule has 1 aromatic rings. The Morgan fingerprint density at radius 2 is 2.00 bits per heavy atom. The van der Waals surface area contributed by atoms with Crippen LogP contribution in [0, 0.1) is 5.82 Å². The van der Waals surface area contributed by atoms with Crippen LogP contribution in [0.15, 0.2) is 24.3 Å². The first-order valence-electron chi connectivity index (χ1n) is 7.47. The van der Waals surface area contributed by atoms with Crippen LogP contribution in [-0.4, -0.2) is 18.4 Å². The molecule has 1 saturated carbocycles. The fourth-order valence-corrected chi connectivity index (χ4v) is 3.00. The minimum absolute atomic E-state index is 0.0896. The molecule has 3 nitrogen and oxygen atoms in total. The van der Waals surface area contributed by atoms with Crippen molar-refractivity contribution in [3.63, 3.8) is 0 Å². The zero-order valence-electron chi connectivity index (χ0n) is 12.4. The monoisotopic (exact) mass is 292 g/mol. The van der Waals surface area contributed by atoms with E-state index in [2.05, 4.69) is 0 Å². The molecule has 0 radical (unpaired) electrons. The fourth-order valence-electron chi connectivity index (χ4n) is 3.00. The van der Waals surface area contributed by atoms with Gasteiger partial charge < -0.3 is 9.53 Å². The predicted octanol–water partition coefficient (Wildman–Crippen LogP) is 3.55. The number of carbonyl (C=O) groups excluding carboxylic acids is 2. The van der Waals surface area contributed by atoms with Crippen molar-refractivity contribution in [3.05, 3.63) is 35.6 Å². The maximum Gasteiger partial charge on any atom is 0.316 e. The second kappa shape index (κ2) is 6.83. The molecule has 4 heteroatoms. The van der Waals surface area contributed by atoms with Gasteiger partial charge in [-0.3, -0.25) is 4.79 Å². The van der Waals surface area contributed by atoms with E-state index in [0.29, 0.717) is 31.2 Å². The average Bonchev–Trinajstić information content (AvgIpc) is 2.94. The minimum Gasteiger partial charge on any atom is -0.465 e. The molecule has 0 spiro atoms. The molecule has 0 aromatic heterocycles. The van der Waals surface area contributed by atoms with Gasteiger partial charge in [-0.2, -0.15) is 0 Å². The number of benzene rings is 1. The van der Waals surface area contributed by atoms with Crippen molar-refractivity contribution in [2.45, 2.75) is 50.9 Å². The van der Waals surface area contributed by atoms with E-state index >= 15 is 0 Å². The third kappa shape index (κ3) is 3.69. The molecule has 0 heterocycles. The zero-order valence-corrected chi connectivity index (χ0v) is 12.4. The molecule has 21 heavy (non-hydrogen) atoms. The standard InChI is InChI=1S/C17H21FO3/c1-13(19)6-5-11-21-16(20)17(9-2-3-10-17)14-7-4-8-15(18)12-14/h4,7-8,12H,2-3,5-6,9-11H2,1H3. The van der Waals surface area contributed by atoms with Gasteiger partial charge >= 0.3 is 5.97 Å². The summed E-state index contributed by atoms with van der Waals surface area (Å²) < 4.78 is 18.8. The van der Waals surface area contributed by atoms with Crippen molar-refractivity contribution in [1.82, 2.24) is 0 Å². The number of ketones is 1. The smallest absolute Gasteiger partial charge is 0.316 e. The van der Waals surface area contributed by atoms with Crippen LogP contribution in [0.5, 0.6) is 0 Å². The Morgan fingerprint density at radius 1 is 1.29 bits per heavy atom. The van der Waals surface area contributed by atoms with Gasteiger partial charge in [0.15, 0.2) is 0 Å². The van der Waals surface area contributed by atoms with Crippen LogP contribution in [0.2, 0.25) is 0 Å². The molecular formula is C17H21FO3. The van der Waals surface area contributed by atoms with Crippen LogP contribution in [0.3, 0.4) is 0 Å². The van der Waals surface area contributed by atoms with Gasteiger partial charge in [0, 0.05) is 6.42 Å². The quantitative estimate of drug-likeness (QED) is 0.595. The molecule has 1 aliphatic rings. The number of halogens is 1. The summed E-state index contributed by atoms with van der Waals surface area (Å²) in [6, 6.07) is 6.24. The van der Waals surface area contributed by atoms with Gasteiger partial charge in [-0.1, -0.05) is 25.0 Å². The van der Waals surface area contributed by atoms with Crippen molar-refractivity contribution in [2.75, 3.05) is 6.61 Å². The highest BCUT2D eigenvalue weighted by Gasteiger charge is 2.44. The molecular weight excluding hydrogens is 271 g/mol. The van der Waals surface area contributed by atoms with Crippen LogP contribution >= 0.6 is 0 Å². The Bertz CT molecular complexity index is 519. The van der Waals surface area contributed by atoms with Crippen LogP contribution in [0.4, 0.5) is 4.39 Å². The normalized spacial score (nSPS) is 16.7. The summed E-state index contributed by atoms with van der Waals surface area (Å²) in [7, 11) is 0. The SMILES string of the molecule is CC(=O)CCCOC(=O)C1(c2cccc(F)c2)CCCC1. The summed E-state index contributed by atoms with van der Waals surface area (Å²) in [5, 5.41) is 0. The van der Waals surface area contributed by atoms with Crippen LogP contribution in [-0.2, 0) is 19.7 Å². The number of esters is 1. The van der Waals surface area contributed by atoms with Crippen molar-refractivity contribution >= 4 is 11.8 Å². The third-order valence-electron chi connectivity index (χ3n) is 4.13. The van der Waals surface area contributed by atoms with Crippen molar-refractivity contribution in [1.29, 1.82) is 0 Å². The Balaban J connectivity index is 2.07. The lowest BCUT2D eigenvalue weighted by molar-refractivity contribution is -0.151. The predicted molar refractivity (Wildman–Crippen MR) is 77.4 cm³/mol. The van der Waals surface area contributed by atoms with Crippen molar-refractivity contribution in [3.8, 4) is 0 Å². The summed E-state index contributed by atoms with van der Waals surface area (Å²) in [5.74, 6) is -0.524. The second-order valence-electron chi connectivity index (χ2n) is 5.74. The topological polar surface area (TPSA) is 43.4 Å². The van der Waals surface area contributed by atoms with E-state index in [1.807, 2.05) is 0 Å². The van der Waals surface area contributed by atoms with Crippen LogP contribution in [0.1, 0.15) is 51.0 Å². The molecule has 0 N–H and O–H groups in total. The number of hydrogen-bond acceptors (Lipinski definition) is 3. The number of hydrogen-bond donors (Lipinski definition) is 0. The molecule has 0 unspecified atom stereocenters. The Labute approximate surface area is 124 Å².